The average Bonchev–Trinajstić information content (AvgIpc) is 2.68. The Labute approximate surface area is 176 Å². The SMILES string of the molecule is C=CCOc1ccccc1CNC(=NC)NCC(=O)Nc1cccnc1.I. The van der Waals surface area contributed by atoms with Crippen LogP contribution in [0.4, 0.5) is 5.69 Å². The highest BCUT2D eigenvalue weighted by molar-refractivity contribution is 14.0. The summed E-state index contributed by atoms with van der Waals surface area (Å²) in [6.07, 6.45) is 4.94. The number of pyridine rings is 1. The van der Waals surface area contributed by atoms with Crippen molar-refractivity contribution in [3.63, 3.8) is 0 Å². The summed E-state index contributed by atoms with van der Waals surface area (Å²) in [5, 5.41) is 8.89. The lowest BCUT2D eigenvalue weighted by atomic mass is 10.2. The summed E-state index contributed by atoms with van der Waals surface area (Å²) >= 11 is 0. The average molecular weight is 481 g/mol. The van der Waals surface area contributed by atoms with Crippen molar-refractivity contribution < 1.29 is 9.53 Å². The number of hydrogen-bond donors (Lipinski definition) is 3. The molecule has 7 nitrogen and oxygen atoms in total. The molecule has 144 valence electrons. The second-order valence-corrected chi connectivity index (χ2v) is 5.28. The lowest BCUT2D eigenvalue weighted by molar-refractivity contribution is -0.115. The molecule has 0 bridgehead atoms. The van der Waals surface area contributed by atoms with Crippen molar-refractivity contribution >= 4 is 41.5 Å². The largest absolute Gasteiger partial charge is 0.489 e. The first-order valence-corrected chi connectivity index (χ1v) is 8.19. The normalized spacial score (nSPS) is 10.3. The molecule has 0 aliphatic carbocycles. The standard InChI is InChI=1S/C19H23N5O2.HI/c1-3-11-26-17-9-5-4-7-15(17)12-22-19(20-2)23-14-18(25)24-16-8-6-10-21-13-16;/h3-10,13H,1,11-12,14H2,2H3,(H,24,25)(H2,20,22,23);1H. The maximum atomic E-state index is 12.0. The van der Waals surface area contributed by atoms with Crippen molar-refractivity contribution in [1.82, 2.24) is 15.6 Å². The van der Waals surface area contributed by atoms with Crippen LogP contribution in [0.3, 0.4) is 0 Å². The molecule has 2 aromatic rings. The van der Waals surface area contributed by atoms with E-state index in [1.54, 1.807) is 37.7 Å². The smallest absolute Gasteiger partial charge is 0.243 e. The fourth-order valence-electron chi connectivity index (χ4n) is 2.14. The van der Waals surface area contributed by atoms with E-state index < -0.39 is 0 Å². The van der Waals surface area contributed by atoms with Gasteiger partial charge in [0.05, 0.1) is 18.4 Å². The summed E-state index contributed by atoms with van der Waals surface area (Å²) in [7, 11) is 1.65. The lowest BCUT2D eigenvalue weighted by Crippen LogP contribution is -2.41. The number of rotatable bonds is 8. The summed E-state index contributed by atoms with van der Waals surface area (Å²) in [6.45, 7) is 4.69. The fourth-order valence-corrected chi connectivity index (χ4v) is 2.14. The molecule has 1 aromatic carbocycles. The summed E-state index contributed by atoms with van der Waals surface area (Å²) in [6, 6.07) is 11.3. The highest BCUT2D eigenvalue weighted by Gasteiger charge is 2.06. The second kappa shape index (κ2) is 12.7. The topological polar surface area (TPSA) is 87.6 Å². The molecule has 1 amide bonds. The summed E-state index contributed by atoms with van der Waals surface area (Å²) < 4.78 is 5.63. The maximum Gasteiger partial charge on any atom is 0.243 e. The molecule has 0 saturated carbocycles. The van der Waals surface area contributed by atoms with Crippen LogP contribution in [0.5, 0.6) is 5.75 Å². The molecule has 0 aliphatic rings. The van der Waals surface area contributed by atoms with Crippen LogP contribution in [-0.2, 0) is 11.3 Å². The third-order valence-corrected chi connectivity index (χ3v) is 3.36. The number of aliphatic imine (C=N–C) groups is 1. The van der Waals surface area contributed by atoms with Gasteiger partial charge in [0.2, 0.25) is 5.91 Å². The van der Waals surface area contributed by atoms with E-state index >= 15 is 0 Å². The molecule has 8 heteroatoms. The summed E-state index contributed by atoms with van der Waals surface area (Å²) in [5.41, 5.74) is 1.63. The molecule has 0 fully saturated rings. The number of benzene rings is 1. The number of carbonyl (C=O) groups is 1. The molecule has 2 rings (SSSR count). The minimum atomic E-state index is -0.185. The van der Waals surface area contributed by atoms with Gasteiger partial charge < -0.3 is 20.7 Å². The van der Waals surface area contributed by atoms with E-state index in [2.05, 4.69) is 32.5 Å². The van der Waals surface area contributed by atoms with Gasteiger partial charge in [0.1, 0.15) is 12.4 Å². The third-order valence-electron chi connectivity index (χ3n) is 3.36. The van der Waals surface area contributed by atoms with Crippen LogP contribution in [0, 0.1) is 0 Å². The Bertz CT molecular complexity index is 753. The van der Waals surface area contributed by atoms with Crippen LogP contribution in [0.2, 0.25) is 0 Å². The van der Waals surface area contributed by atoms with E-state index in [0.717, 1.165) is 11.3 Å². The number of ether oxygens (including phenoxy) is 1. The van der Waals surface area contributed by atoms with E-state index in [0.29, 0.717) is 24.8 Å². The number of guanidine groups is 1. The van der Waals surface area contributed by atoms with Crippen LogP contribution in [0.1, 0.15) is 5.56 Å². The molecule has 1 aromatic heterocycles. The van der Waals surface area contributed by atoms with Crippen LogP contribution in [0.15, 0.2) is 66.4 Å². The number of anilines is 1. The van der Waals surface area contributed by atoms with Crippen LogP contribution in [0.25, 0.3) is 0 Å². The Morgan fingerprint density at radius 1 is 1.26 bits per heavy atom. The van der Waals surface area contributed by atoms with E-state index in [1.165, 1.54) is 0 Å². The fraction of sp³-hybridized carbons (Fsp3) is 0.211. The number of para-hydroxylation sites is 1. The highest BCUT2D eigenvalue weighted by atomic mass is 127. The van der Waals surface area contributed by atoms with Gasteiger partial charge in [0, 0.05) is 25.4 Å². The predicted octanol–water partition coefficient (Wildman–Crippen LogP) is 2.57. The Hall–Kier alpha value is -2.62. The van der Waals surface area contributed by atoms with E-state index in [4.69, 9.17) is 4.74 Å². The van der Waals surface area contributed by atoms with Gasteiger partial charge in [-0.2, -0.15) is 0 Å². The number of nitrogens with zero attached hydrogens (tertiary/aromatic N) is 2. The maximum absolute atomic E-state index is 12.0. The first kappa shape index (κ1) is 22.4. The molecule has 0 spiro atoms. The van der Waals surface area contributed by atoms with Gasteiger partial charge in [-0.3, -0.25) is 14.8 Å². The Balaban J connectivity index is 0.00000364. The Morgan fingerprint density at radius 3 is 2.78 bits per heavy atom. The molecule has 1 heterocycles. The van der Waals surface area contributed by atoms with Crippen molar-refractivity contribution in [3.05, 3.63) is 67.0 Å². The number of amides is 1. The van der Waals surface area contributed by atoms with Gasteiger partial charge in [-0.1, -0.05) is 30.9 Å². The molecule has 0 unspecified atom stereocenters. The summed E-state index contributed by atoms with van der Waals surface area (Å²) in [5.74, 6) is 1.12. The van der Waals surface area contributed by atoms with E-state index in [9.17, 15) is 4.79 Å². The lowest BCUT2D eigenvalue weighted by Gasteiger charge is -2.14. The van der Waals surface area contributed by atoms with E-state index in [-0.39, 0.29) is 36.4 Å². The van der Waals surface area contributed by atoms with Gasteiger partial charge in [-0.15, -0.1) is 24.0 Å². The summed E-state index contributed by atoms with van der Waals surface area (Å²) in [4.78, 5) is 20.0. The molecule has 3 N–H and O–H groups in total. The monoisotopic (exact) mass is 481 g/mol. The van der Waals surface area contributed by atoms with Gasteiger partial charge in [-0.25, -0.2) is 0 Å². The first-order chi connectivity index (χ1) is 12.7. The van der Waals surface area contributed by atoms with Gasteiger partial charge >= 0.3 is 0 Å². The zero-order valence-corrected chi connectivity index (χ0v) is 17.5. The predicted molar refractivity (Wildman–Crippen MR) is 119 cm³/mol. The Morgan fingerprint density at radius 2 is 2.07 bits per heavy atom. The second-order valence-electron chi connectivity index (χ2n) is 5.28. The molecule has 0 atom stereocenters. The molecule has 0 radical (unpaired) electrons. The van der Waals surface area contributed by atoms with E-state index in [1.807, 2.05) is 24.3 Å². The number of aromatic nitrogens is 1. The quantitative estimate of drug-likeness (QED) is 0.234. The number of carbonyl (C=O) groups excluding carboxylic acids is 1. The van der Waals surface area contributed by atoms with Crippen LogP contribution < -0.4 is 20.7 Å². The third kappa shape index (κ3) is 8.07. The van der Waals surface area contributed by atoms with Crippen molar-refractivity contribution in [2.45, 2.75) is 6.54 Å². The number of halogens is 1. The van der Waals surface area contributed by atoms with Crippen LogP contribution >= 0.6 is 24.0 Å². The van der Waals surface area contributed by atoms with Gasteiger partial charge in [0.15, 0.2) is 5.96 Å². The highest BCUT2D eigenvalue weighted by Crippen LogP contribution is 2.17. The van der Waals surface area contributed by atoms with Crippen molar-refractivity contribution in [3.8, 4) is 5.75 Å². The van der Waals surface area contributed by atoms with Gasteiger partial charge in [-0.05, 0) is 18.2 Å². The number of nitrogens with one attached hydrogen (secondary N) is 3. The molecular weight excluding hydrogens is 457 g/mol. The van der Waals surface area contributed by atoms with Crippen LogP contribution in [-0.4, -0.2) is 37.1 Å². The van der Waals surface area contributed by atoms with Crippen molar-refractivity contribution in [2.75, 3.05) is 25.5 Å². The minimum absolute atomic E-state index is 0. The zero-order valence-electron chi connectivity index (χ0n) is 15.1. The number of hydrogen-bond acceptors (Lipinski definition) is 4. The molecule has 0 saturated heterocycles. The molecule has 0 aliphatic heterocycles. The van der Waals surface area contributed by atoms with Crippen molar-refractivity contribution in [2.24, 2.45) is 4.99 Å². The Kier molecular flexibility index (Phi) is 10.5. The molecular formula is C19H24IN5O2. The minimum Gasteiger partial charge on any atom is -0.489 e. The first-order valence-electron chi connectivity index (χ1n) is 8.19. The van der Waals surface area contributed by atoms with Crippen molar-refractivity contribution in [1.29, 1.82) is 0 Å². The molecule has 27 heavy (non-hydrogen) atoms. The zero-order chi connectivity index (χ0) is 18.6. The van der Waals surface area contributed by atoms with Gasteiger partial charge in [0.25, 0.3) is 0 Å².